The molecule has 1 aliphatic carbocycles. The zero-order chi connectivity index (χ0) is 16.7. The number of H-pyrrole nitrogens is 1. The number of aromatic nitrogens is 3. The van der Waals surface area contributed by atoms with Crippen LogP contribution in [0.25, 0.3) is 20.8 Å². The zero-order valence-electron chi connectivity index (χ0n) is 14.3. The molecule has 5 nitrogen and oxygen atoms in total. The van der Waals surface area contributed by atoms with Crippen LogP contribution in [0.2, 0.25) is 0 Å². The number of nitrogens with one attached hydrogen (secondary N) is 3. The first-order chi connectivity index (χ1) is 11.5. The molecule has 0 amide bonds. The molecular weight excluding hydrogens is 318 g/mol. The Morgan fingerprint density at radius 1 is 1.29 bits per heavy atom. The first-order valence-corrected chi connectivity index (χ1v) is 9.26. The second kappa shape index (κ2) is 5.77. The summed E-state index contributed by atoms with van der Waals surface area (Å²) in [6, 6.07) is 6.28. The minimum absolute atomic E-state index is 0.0172. The summed E-state index contributed by atoms with van der Waals surface area (Å²) >= 11 is 1.76. The van der Waals surface area contributed by atoms with Gasteiger partial charge in [0.25, 0.3) is 0 Å². The molecule has 1 saturated carbocycles. The topological polar surface area (TPSA) is 65.6 Å². The fourth-order valence-corrected chi connectivity index (χ4v) is 3.77. The first kappa shape index (κ1) is 15.4. The molecule has 0 aliphatic heterocycles. The molecule has 3 aromatic rings. The fraction of sp³-hybridized carbons (Fsp3) is 0.444. The van der Waals surface area contributed by atoms with Gasteiger partial charge in [-0.25, -0.2) is 4.98 Å². The third kappa shape index (κ3) is 3.38. The normalized spacial score (nSPS) is 15.0. The molecular formula is C18H23N5S. The van der Waals surface area contributed by atoms with Crippen LogP contribution in [0.4, 0.5) is 11.5 Å². The van der Waals surface area contributed by atoms with E-state index in [1.165, 1.54) is 23.2 Å². The Kier molecular flexibility index (Phi) is 3.72. The second-order valence-corrected chi connectivity index (χ2v) is 8.60. The molecule has 1 fully saturated rings. The summed E-state index contributed by atoms with van der Waals surface area (Å²) in [6.07, 6.45) is 4.47. The standard InChI is InChI=1S/C18H23N5S/c1-18(2,3)22-16-9-13(19-10-11-4-5-11)17-14(21-16)8-15(24-17)12-6-7-20-23-12/h6-9,11H,4-5,10H2,1-3H3,(H,20,23)(H2,19,21,22). The Morgan fingerprint density at radius 2 is 2.12 bits per heavy atom. The van der Waals surface area contributed by atoms with Crippen molar-refractivity contribution < 1.29 is 0 Å². The molecule has 0 bridgehead atoms. The van der Waals surface area contributed by atoms with E-state index in [-0.39, 0.29) is 5.54 Å². The summed E-state index contributed by atoms with van der Waals surface area (Å²) in [6.45, 7) is 7.50. The van der Waals surface area contributed by atoms with Crippen molar-refractivity contribution in [2.75, 3.05) is 17.2 Å². The minimum atomic E-state index is -0.0172. The highest BCUT2D eigenvalue weighted by atomic mass is 32.1. The van der Waals surface area contributed by atoms with E-state index in [1.807, 2.05) is 6.07 Å². The lowest BCUT2D eigenvalue weighted by Crippen LogP contribution is -2.26. The molecule has 0 aromatic carbocycles. The van der Waals surface area contributed by atoms with E-state index < -0.39 is 0 Å². The molecule has 0 unspecified atom stereocenters. The van der Waals surface area contributed by atoms with E-state index in [2.05, 4.69) is 53.7 Å². The van der Waals surface area contributed by atoms with Gasteiger partial charge in [0, 0.05) is 24.3 Å². The Hall–Kier alpha value is -2.08. The van der Waals surface area contributed by atoms with Crippen molar-refractivity contribution in [2.24, 2.45) is 5.92 Å². The maximum Gasteiger partial charge on any atom is 0.129 e. The quantitative estimate of drug-likeness (QED) is 0.628. The third-order valence-electron chi connectivity index (χ3n) is 4.03. The molecule has 3 aromatic heterocycles. The van der Waals surface area contributed by atoms with Crippen LogP contribution in [0.15, 0.2) is 24.4 Å². The van der Waals surface area contributed by atoms with Crippen molar-refractivity contribution in [3.63, 3.8) is 0 Å². The highest BCUT2D eigenvalue weighted by Gasteiger charge is 2.22. The van der Waals surface area contributed by atoms with Crippen LogP contribution in [0.1, 0.15) is 33.6 Å². The molecule has 3 N–H and O–H groups in total. The van der Waals surface area contributed by atoms with Crippen LogP contribution in [-0.2, 0) is 0 Å². The van der Waals surface area contributed by atoms with Gasteiger partial charge in [-0.15, -0.1) is 11.3 Å². The zero-order valence-corrected chi connectivity index (χ0v) is 15.1. The van der Waals surface area contributed by atoms with E-state index in [0.29, 0.717) is 0 Å². The van der Waals surface area contributed by atoms with Crippen LogP contribution >= 0.6 is 11.3 Å². The van der Waals surface area contributed by atoms with Crippen molar-refractivity contribution >= 4 is 33.1 Å². The predicted molar refractivity (Wildman–Crippen MR) is 102 cm³/mol. The Labute approximate surface area is 145 Å². The number of anilines is 2. The molecule has 24 heavy (non-hydrogen) atoms. The predicted octanol–water partition coefficient (Wildman–Crippen LogP) is 4.72. The fourth-order valence-electron chi connectivity index (χ4n) is 2.70. The number of rotatable bonds is 5. The monoisotopic (exact) mass is 341 g/mol. The smallest absolute Gasteiger partial charge is 0.129 e. The van der Waals surface area contributed by atoms with Crippen LogP contribution in [0.3, 0.4) is 0 Å². The van der Waals surface area contributed by atoms with Crippen LogP contribution < -0.4 is 10.6 Å². The maximum atomic E-state index is 4.82. The van der Waals surface area contributed by atoms with Gasteiger partial charge in [0.15, 0.2) is 0 Å². The SMILES string of the molecule is CC(C)(C)Nc1cc(NCC2CC2)c2sc(-c3ccn[nH]3)cc2n1. The first-order valence-electron chi connectivity index (χ1n) is 8.44. The summed E-state index contributed by atoms with van der Waals surface area (Å²) in [5.41, 5.74) is 3.22. The molecule has 126 valence electrons. The Morgan fingerprint density at radius 3 is 2.79 bits per heavy atom. The number of hydrogen-bond donors (Lipinski definition) is 3. The molecule has 4 rings (SSSR count). The van der Waals surface area contributed by atoms with Crippen molar-refractivity contribution in [1.29, 1.82) is 0 Å². The lowest BCUT2D eigenvalue weighted by Gasteiger charge is -2.22. The summed E-state index contributed by atoms with van der Waals surface area (Å²) in [5.74, 6) is 1.75. The number of fused-ring (bicyclic) bond motifs is 1. The minimum Gasteiger partial charge on any atom is -0.383 e. The third-order valence-corrected chi connectivity index (χ3v) is 5.22. The lowest BCUT2D eigenvalue weighted by molar-refractivity contribution is 0.631. The van der Waals surface area contributed by atoms with E-state index in [4.69, 9.17) is 4.98 Å². The number of hydrogen-bond acceptors (Lipinski definition) is 5. The van der Waals surface area contributed by atoms with Gasteiger partial charge in [0.1, 0.15) is 5.82 Å². The van der Waals surface area contributed by atoms with Gasteiger partial charge < -0.3 is 10.6 Å². The van der Waals surface area contributed by atoms with Gasteiger partial charge in [-0.1, -0.05) is 0 Å². The van der Waals surface area contributed by atoms with Crippen LogP contribution in [-0.4, -0.2) is 27.3 Å². The van der Waals surface area contributed by atoms with Crippen molar-refractivity contribution in [3.8, 4) is 10.6 Å². The highest BCUT2D eigenvalue weighted by Crippen LogP contribution is 2.38. The Balaban J connectivity index is 1.75. The van der Waals surface area contributed by atoms with E-state index >= 15 is 0 Å². The van der Waals surface area contributed by atoms with Gasteiger partial charge in [0.2, 0.25) is 0 Å². The van der Waals surface area contributed by atoms with E-state index in [0.717, 1.165) is 34.4 Å². The van der Waals surface area contributed by atoms with Crippen LogP contribution in [0.5, 0.6) is 0 Å². The van der Waals surface area contributed by atoms with E-state index in [1.54, 1.807) is 17.5 Å². The largest absolute Gasteiger partial charge is 0.383 e. The molecule has 1 aliphatic rings. The average molecular weight is 341 g/mol. The summed E-state index contributed by atoms with van der Waals surface area (Å²) in [5, 5.41) is 14.2. The number of nitrogens with zero attached hydrogens (tertiary/aromatic N) is 2. The molecule has 0 saturated heterocycles. The molecule has 0 spiro atoms. The summed E-state index contributed by atoms with van der Waals surface area (Å²) < 4.78 is 1.21. The number of aromatic amines is 1. The average Bonchev–Trinajstić information content (AvgIpc) is 2.98. The highest BCUT2D eigenvalue weighted by molar-refractivity contribution is 7.22. The second-order valence-electron chi connectivity index (χ2n) is 7.55. The number of thiophene rings is 1. The van der Waals surface area contributed by atoms with Crippen molar-refractivity contribution in [1.82, 2.24) is 15.2 Å². The van der Waals surface area contributed by atoms with Crippen molar-refractivity contribution in [2.45, 2.75) is 39.2 Å². The molecule has 6 heteroatoms. The van der Waals surface area contributed by atoms with Gasteiger partial charge >= 0.3 is 0 Å². The van der Waals surface area contributed by atoms with Gasteiger partial charge in [-0.05, 0) is 51.7 Å². The van der Waals surface area contributed by atoms with Gasteiger partial charge in [0.05, 0.1) is 26.5 Å². The Bertz CT molecular complexity index is 840. The van der Waals surface area contributed by atoms with Gasteiger partial charge in [-0.2, -0.15) is 5.10 Å². The molecule has 3 heterocycles. The molecule has 0 atom stereocenters. The maximum absolute atomic E-state index is 4.82. The van der Waals surface area contributed by atoms with Crippen LogP contribution in [0, 0.1) is 5.92 Å². The summed E-state index contributed by atoms with van der Waals surface area (Å²) in [7, 11) is 0. The number of pyridine rings is 1. The van der Waals surface area contributed by atoms with E-state index in [9.17, 15) is 0 Å². The lowest BCUT2D eigenvalue weighted by atomic mass is 10.1. The van der Waals surface area contributed by atoms with Gasteiger partial charge in [-0.3, -0.25) is 5.10 Å². The molecule has 0 radical (unpaired) electrons. The summed E-state index contributed by atoms with van der Waals surface area (Å²) in [4.78, 5) is 5.98. The van der Waals surface area contributed by atoms with Crippen molar-refractivity contribution in [3.05, 3.63) is 24.4 Å².